The molecule has 1 aliphatic heterocycles. The van der Waals surface area contributed by atoms with E-state index in [1.165, 1.54) is 17.8 Å². The van der Waals surface area contributed by atoms with Crippen molar-refractivity contribution in [1.82, 2.24) is 4.98 Å². The lowest BCUT2D eigenvalue weighted by Crippen LogP contribution is -2.28. The number of aryl methyl sites for hydroxylation is 1. The highest BCUT2D eigenvalue weighted by Gasteiger charge is 2.27. The third kappa shape index (κ3) is 4.53. The van der Waals surface area contributed by atoms with Crippen LogP contribution in [0.3, 0.4) is 0 Å². The predicted octanol–water partition coefficient (Wildman–Crippen LogP) is 3.02. The summed E-state index contributed by atoms with van der Waals surface area (Å²) >= 11 is 1.36. The van der Waals surface area contributed by atoms with E-state index in [1.54, 1.807) is 24.4 Å². The summed E-state index contributed by atoms with van der Waals surface area (Å²) in [5, 5.41) is 5.19. The third-order valence-electron chi connectivity index (χ3n) is 4.37. The maximum atomic E-state index is 12.7. The molecular formula is C19H21N3O4S2. The summed E-state index contributed by atoms with van der Waals surface area (Å²) in [6.45, 7) is 3.72. The highest BCUT2D eigenvalue weighted by atomic mass is 32.2. The number of thioether (sulfide) groups is 1. The molecular weight excluding hydrogens is 398 g/mol. The molecule has 2 aromatic rings. The summed E-state index contributed by atoms with van der Waals surface area (Å²) in [6, 6.07) is 8.19. The molecule has 0 fully saturated rings. The Bertz CT molecular complexity index is 1020. The molecule has 2 amide bonds. The van der Waals surface area contributed by atoms with Gasteiger partial charge in [-0.3, -0.25) is 9.59 Å². The van der Waals surface area contributed by atoms with Crippen LogP contribution in [0.25, 0.3) is 0 Å². The second kappa shape index (κ2) is 8.32. The smallest absolute Gasteiger partial charge is 0.237 e. The van der Waals surface area contributed by atoms with Crippen LogP contribution in [-0.2, 0) is 19.4 Å². The van der Waals surface area contributed by atoms with Crippen molar-refractivity contribution in [2.75, 3.05) is 16.4 Å². The van der Waals surface area contributed by atoms with Crippen LogP contribution in [0, 0.1) is 6.92 Å². The minimum absolute atomic E-state index is 0.0721. The number of aromatic nitrogens is 1. The van der Waals surface area contributed by atoms with Gasteiger partial charge in [0.2, 0.25) is 11.8 Å². The van der Waals surface area contributed by atoms with Crippen LogP contribution in [0.2, 0.25) is 0 Å². The SMILES string of the molecule is CCC1Sc2cc(S(=O)(=O)CCC(=O)Nc3ncccc3C)ccc2NC1=O. The van der Waals surface area contributed by atoms with E-state index in [4.69, 9.17) is 0 Å². The van der Waals surface area contributed by atoms with Crippen LogP contribution in [0.5, 0.6) is 0 Å². The molecule has 9 heteroatoms. The minimum atomic E-state index is -3.64. The number of pyridine rings is 1. The normalized spacial score (nSPS) is 16.2. The maximum Gasteiger partial charge on any atom is 0.237 e. The van der Waals surface area contributed by atoms with Gasteiger partial charge >= 0.3 is 0 Å². The Hall–Kier alpha value is -2.39. The highest BCUT2D eigenvalue weighted by molar-refractivity contribution is 8.01. The molecule has 1 aliphatic rings. The molecule has 7 nitrogen and oxygen atoms in total. The zero-order valence-electron chi connectivity index (χ0n) is 15.6. The molecule has 2 N–H and O–H groups in total. The second-order valence-electron chi connectivity index (χ2n) is 6.45. The van der Waals surface area contributed by atoms with Gasteiger partial charge in [-0.2, -0.15) is 0 Å². The van der Waals surface area contributed by atoms with Gasteiger partial charge in [-0.25, -0.2) is 13.4 Å². The predicted molar refractivity (Wildman–Crippen MR) is 109 cm³/mol. The first-order valence-corrected chi connectivity index (χ1v) is 11.4. The van der Waals surface area contributed by atoms with Gasteiger partial charge in [-0.05, 0) is 43.2 Å². The molecule has 0 saturated carbocycles. The van der Waals surface area contributed by atoms with E-state index >= 15 is 0 Å². The number of sulfone groups is 1. The molecule has 148 valence electrons. The van der Waals surface area contributed by atoms with E-state index in [0.29, 0.717) is 17.9 Å². The van der Waals surface area contributed by atoms with Crippen molar-refractivity contribution in [2.24, 2.45) is 0 Å². The summed E-state index contributed by atoms with van der Waals surface area (Å²) in [7, 11) is -3.64. The quantitative estimate of drug-likeness (QED) is 0.746. The van der Waals surface area contributed by atoms with Crippen LogP contribution in [-0.4, -0.2) is 36.2 Å². The van der Waals surface area contributed by atoms with Gasteiger partial charge in [-0.1, -0.05) is 13.0 Å². The first-order chi connectivity index (χ1) is 13.3. The summed E-state index contributed by atoms with van der Waals surface area (Å²) < 4.78 is 25.3. The second-order valence-corrected chi connectivity index (χ2v) is 9.80. The summed E-state index contributed by atoms with van der Waals surface area (Å²) in [5.41, 5.74) is 1.42. The van der Waals surface area contributed by atoms with Gasteiger partial charge in [0.25, 0.3) is 0 Å². The third-order valence-corrected chi connectivity index (χ3v) is 7.51. The fraction of sp³-hybridized carbons (Fsp3) is 0.316. The Morgan fingerprint density at radius 3 is 2.82 bits per heavy atom. The van der Waals surface area contributed by atoms with E-state index in [1.807, 2.05) is 19.9 Å². The first-order valence-electron chi connectivity index (χ1n) is 8.86. The zero-order chi connectivity index (χ0) is 20.3. The number of carbonyl (C=O) groups excluding carboxylic acids is 2. The Morgan fingerprint density at radius 2 is 2.11 bits per heavy atom. The lowest BCUT2D eigenvalue weighted by atomic mass is 10.2. The van der Waals surface area contributed by atoms with E-state index in [-0.39, 0.29) is 28.2 Å². The minimum Gasteiger partial charge on any atom is -0.324 e. The number of nitrogens with zero attached hydrogens (tertiary/aromatic N) is 1. The lowest BCUT2D eigenvalue weighted by molar-refractivity contribution is -0.116. The van der Waals surface area contributed by atoms with Gasteiger partial charge in [0.1, 0.15) is 5.82 Å². The first kappa shape index (κ1) is 20.3. The number of hydrogen-bond donors (Lipinski definition) is 2. The van der Waals surface area contributed by atoms with Crippen LogP contribution < -0.4 is 10.6 Å². The molecule has 0 aliphatic carbocycles. The number of fused-ring (bicyclic) bond motifs is 1. The molecule has 28 heavy (non-hydrogen) atoms. The van der Waals surface area contributed by atoms with Crippen molar-refractivity contribution in [3.63, 3.8) is 0 Å². The fourth-order valence-corrected chi connectivity index (χ4v) is 5.16. The number of benzene rings is 1. The Morgan fingerprint density at radius 1 is 1.32 bits per heavy atom. The van der Waals surface area contributed by atoms with Crippen LogP contribution in [0.15, 0.2) is 46.3 Å². The summed E-state index contributed by atoms with van der Waals surface area (Å²) in [5.74, 6) is -0.359. The van der Waals surface area contributed by atoms with Gasteiger partial charge in [0.15, 0.2) is 9.84 Å². The molecule has 0 spiro atoms. The number of rotatable bonds is 6. The molecule has 1 aromatic heterocycles. The molecule has 3 rings (SSSR count). The Labute approximate surface area is 168 Å². The maximum absolute atomic E-state index is 12.7. The summed E-state index contributed by atoms with van der Waals surface area (Å²) in [6.07, 6.45) is 2.05. The molecule has 2 heterocycles. The van der Waals surface area contributed by atoms with E-state index in [9.17, 15) is 18.0 Å². The Balaban J connectivity index is 1.69. The number of carbonyl (C=O) groups is 2. The van der Waals surface area contributed by atoms with E-state index in [2.05, 4.69) is 15.6 Å². The van der Waals surface area contributed by atoms with E-state index < -0.39 is 15.7 Å². The van der Waals surface area contributed by atoms with Crippen LogP contribution in [0.4, 0.5) is 11.5 Å². The average molecular weight is 420 g/mol. The topological polar surface area (TPSA) is 105 Å². The molecule has 1 aromatic carbocycles. The van der Waals surface area contributed by atoms with Crippen molar-refractivity contribution in [3.05, 3.63) is 42.1 Å². The zero-order valence-corrected chi connectivity index (χ0v) is 17.2. The monoisotopic (exact) mass is 419 g/mol. The molecule has 1 unspecified atom stereocenters. The largest absolute Gasteiger partial charge is 0.324 e. The van der Waals surface area contributed by atoms with Crippen LogP contribution in [0.1, 0.15) is 25.3 Å². The number of amides is 2. The van der Waals surface area contributed by atoms with Gasteiger partial charge in [0, 0.05) is 17.5 Å². The number of anilines is 2. The van der Waals surface area contributed by atoms with Crippen molar-refractivity contribution in [2.45, 2.75) is 41.7 Å². The number of nitrogens with one attached hydrogen (secondary N) is 2. The fourth-order valence-electron chi connectivity index (χ4n) is 2.74. The van der Waals surface area contributed by atoms with Gasteiger partial charge < -0.3 is 10.6 Å². The van der Waals surface area contributed by atoms with Crippen LogP contribution >= 0.6 is 11.8 Å². The van der Waals surface area contributed by atoms with Crippen molar-refractivity contribution in [1.29, 1.82) is 0 Å². The van der Waals surface area contributed by atoms with Crippen molar-refractivity contribution >= 4 is 44.9 Å². The molecule has 0 saturated heterocycles. The van der Waals surface area contributed by atoms with Crippen molar-refractivity contribution in [3.8, 4) is 0 Å². The average Bonchev–Trinajstić information content (AvgIpc) is 2.67. The standard InChI is InChI=1S/C19H21N3O4S2/c1-3-15-19(24)21-14-7-6-13(11-16(14)27-15)28(25,26)10-8-17(23)22-18-12(2)5-4-9-20-18/h4-7,9,11,15H,3,8,10H2,1-2H3,(H,21,24)(H,20,22,23). The molecule has 1 atom stereocenters. The van der Waals surface area contributed by atoms with E-state index in [0.717, 1.165) is 10.5 Å². The molecule has 0 bridgehead atoms. The summed E-state index contributed by atoms with van der Waals surface area (Å²) in [4.78, 5) is 29.0. The highest BCUT2D eigenvalue weighted by Crippen LogP contribution is 2.38. The van der Waals surface area contributed by atoms with Crippen molar-refractivity contribution < 1.29 is 18.0 Å². The van der Waals surface area contributed by atoms with Gasteiger partial charge in [-0.15, -0.1) is 11.8 Å². The van der Waals surface area contributed by atoms with Gasteiger partial charge in [0.05, 0.1) is 21.6 Å². The Kier molecular flexibility index (Phi) is 6.04. The lowest BCUT2D eigenvalue weighted by Gasteiger charge is -2.23. The number of hydrogen-bond acceptors (Lipinski definition) is 6. The molecule has 0 radical (unpaired) electrons.